The van der Waals surface area contributed by atoms with Crippen molar-refractivity contribution in [2.45, 2.75) is 59.1 Å². The number of nitrogens with one attached hydrogen (secondary N) is 1. The molecule has 2 aromatic rings. The molecule has 1 unspecified atom stereocenters. The predicted molar refractivity (Wildman–Crippen MR) is 135 cm³/mol. The zero-order chi connectivity index (χ0) is 24.1. The molecule has 4 heterocycles. The number of hydrogen-bond donors (Lipinski definition) is 1. The molecule has 0 bridgehead atoms. The van der Waals surface area contributed by atoms with E-state index in [1.165, 1.54) is 5.56 Å². The fourth-order valence-electron chi connectivity index (χ4n) is 4.47. The van der Waals surface area contributed by atoms with Crippen LogP contribution in [0.2, 0.25) is 0 Å². The highest BCUT2D eigenvalue weighted by Gasteiger charge is 2.28. The first kappa shape index (κ1) is 24.9. The second kappa shape index (κ2) is 11.0. The van der Waals surface area contributed by atoms with Gasteiger partial charge in [-0.05, 0) is 70.6 Å². The summed E-state index contributed by atoms with van der Waals surface area (Å²) in [4.78, 5) is 27.4. The number of anilines is 2. The Morgan fingerprint density at radius 1 is 1.26 bits per heavy atom. The van der Waals surface area contributed by atoms with Crippen LogP contribution >= 0.6 is 11.3 Å². The molecule has 1 atom stereocenters. The Hall–Kier alpha value is -2.23. The number of carbonyl (C=O) groups is 1. The molecular formula is C25H37N5O3S. The van der Waals surface area contributed by atoms with Gasteiger partial charge < -0.3 is 19.7 Å². The molecule has 2 aromatic heterocycles. The van der Waals surface area contributed by atoms with Gasteiger partial charge in [0.15, 0.2) is 5.13 Å². The van der Waals surface area contributed by atoms with Crippen LogP contribution in [-0.4, -0.2) is 70.9 Å². The summed E-state index contributed by atoms with van der Waals surface area (Å²) < 4.78 is 11.1. The van der Waals surface area contributed by atoms with Crippen LogP contribution in [-0.2, 0) is 22.4 Å². The van der Waals surface area contributed by atoms with Crippen molar-refractivity contribution in [3.8, 4) is 0 Å². The number of aromatic nitrogens is 2. The third-order valence-corrected chi connectivity index (χ3v) is 6.80. The molecule has 0 spiro atoms. The first-order chi connectivity index (χ1) is 16.2. The zero-order valence-electron chi connectivity index (χ0n) is 20.8. The Labute approximate surface area is 206 Å². The predicted octanol–water partition coefficient (Wildman–Crippen LogP) is 4.61. The van der Waals surface area contributed by atoms with Gasteiger partial charge in [0.2, 0.25) is 0 Å². The number of rotatable bonds is 6. The van der Waals surface area contributed by atoms with E-state index in [2.05, 4.69) is 34.3 Å². The quantitative estimate of drug-likeness (QED) is 0.637. The molecule has 186 valence electrons. The standard InChI is InChI=1S/C25H37N5O3S/c1-18-15-26-23(34-18)28-22-14-20(16-29-8-10-32-11-9-29)13-21(27-22)12-19-6-5-7-30(17-19)24(31)33-25(2,3)4/h13-15,19H,5-12,16-17H2,1-4H3,(H,26,27,28). The van der Waals surface area contributed by atoms with Crippen LogP contribution < -0.4 is 5.32 Å². The number of thiazole rings is 1. The van der Waals surface area contributed by atoms with Crippen LogP contribution in [0.3, 0.4) is 0 Å². The molecule has 0 aromatic carbocycles. The van der Waals surface area contributed by atoms with Crippen molar-refractivity contribution < 1.29 is 14.3 Å². The van der Waals surface area contributed by atoms with Crippen LogP contribution in [0.25, 0.3) is 0 Å². The number of morpholine rings is 1. The van der Waals surface area contributed by atoms with Gasteiger partial charge in [-0.25, -0.2) is 14.8 Å². The molecule has 0 radical (unpaired) electrons. The molecule has 0 aliphatic carbocycles. The maximum atomic E-state index is 12.6. The summed E-state index contributed by atoms with van der Waals surface area (Å²) >= 11 is 1.63. The number of carbonyl (C=O) groups excluding carboxylic acids is 1. The first-order valence-electron chi connectivity index (χ1n) is 12.2. The fraction of sp³-hybridized carbons (Fsp3) is 0.640. The van der Waals surface area contributed by atoms with Gasteiger partial charge in [-0.1, -0.05) is 0 Å². The molecule has 2 aliphatic heterocycles. The zero-order valence-corrected chi connectivity index (χ0v) is 21.6. The minimum Gasteiger partial charge on any atom is -0.444 e. The van der Waals surface area contributed by atoms with Gasteiger partial charge in [-0.3, -0.25) is 4.90 Å². The SMILES string of the molecule is Cc1cnc(Nc2cc(CN3CCOCC3)cc(CC3CCCN(C(=O)OC(C)(C)C)C3)n2)s1. The van der Waals surface area contributed by atoms with Crippen molar-refractivity contribution in [3.05, 3.63) is 34.5 Å². The summed E-state index contributed by atoms with van der Waals surface area (Å²) in [6, 6.07) is 4.35. The van der Waals surface area contributed by atoms with Crippen LogP contribution in [0.15, 0.2) is 18.3 Å². The lowest BCUT2D eigenvalue weighted by Crippen LogP contribution is -2.43. The summed E-state index contributed by atoms with van der Waals surface area (Å²) in [7, 11) is 0. The molecule has 8 nitrogen and oxygen atoms in total. The minimum absolute atomic E-state index is 0.215. The Morgan fingerprint density at radius 2 is 2.06 bits per heavy atom. The highest BCUT2D eigenvalue weighted by molar-refractivity contribution is 7.15. The van der Waals surface area contributed by atoms with Gasteiger partial charge in [-0.15, -0.1) is 11.3 Å². The maximum absolute atomic E-state index is 12.6. The minimum atomic E-state index is -0.478. The normalized spacial score (nSPS) is 19.8. The van der Waals surface area contributed by atoms with E-state index in [9.17, 15) is 4.79 Å². The third-order valence-electron chi connectivity index (χ3n) is 5.97. The molecule has 9 heteroatoms. The van der Waals surface area contributed by atoms with Crippen LogP contribution in [0, 0.1) is 12.8 Å². The highest BCUT2D eigenvalue weighted by Crippen LogP contribution is 2.26. The molecule has 2 saturated heterocycles. The van der Waals surface area contributed by atoms with Crippen molar-refractivity contribution in [2.75, 3.05) is 44.7 Å². The molecular weight excluding hydrogens is 450 g/mol. The van der Waals surface area contributed by atoms with E-state index in [4.69, 9.17) is 14.5 Å². The summed E-state index contributed by atoms with van der Waals surface area (Å²) in [6.45, 7) is 13.6. The van der Waals surface area contributed by atoms with Crippen LogP contribution in [0.5, 0.6) is 0 Å². The fourth-order valence-corrected chi connectivity index (χ4v) is 5.14. The molecule has 2 fully saturated rings. The van der Waals surface area contributed by atoms with E-state index in [1.807, 2.05) is 31.9 Å². The van der Waals surface area contributed by atoms with Gasteiger partial charge in [0.05, 0.1) is 13.2 Å². The molecule has 34 heavy (non-hydrogen) atoms. The number of piperidine rings is 1. The topological polar surface area (TPSA) is 79.8 Å². The van der Waals surface area contributed by atoms with Gasteiger partial charge in [-0.2, -0.15) is 0 Å². The van der Waals surface area contributed by atoms with E-state index in [0.717, 1.165) is 80.2 Å². The smallest absolute Gasteiger partial charge is 0.410 e. The average molecular weight is 488 g/mol. The average Bonchev–Trinajstić information content (AvgIpc) is 3.18. The third kappa shape index (κ3) is 7.38. The number of likely N-dealkylation sites (tertiary alicyclic amines) is 1. The largest absolute Gasteiger partial charge is 0.444 e. The Morgan fingerprint density at radius 3 is 2.76 bits per heavy atom. The number of hydrogen-bond acceptors (Lipinski definition) is 8. The Bertz CT molecular complexity index is 968. The van der Waals surface area contributed by atoms with E-state index in [-0.39, 0.29) is 6.09 Å². The highest BCUT2D eigenvalue weighted by atomic mass is 32.1. The number of ether oxygens (including phenoxy) is 2. The van der Waals surface area contributed by atoms with E-state index in [0.29, 0.717) is 12.5 Å². The van der Waals surface area contributed by atoms with Crippen molar-refractivity contribution in [1.29, 1.82) is 0 Å². The summed E-state index contributed by atoms with van der Waals surface area (Å²) in [5, 5.41) is 4.26. The van der Waals surface area contributed by atoms with Crippen molar-refractivity contribution in [3.63, 3.8) is 0 Å². The van der Waals surface area contributed by atoms with Crippen LogP contribution in [0.1, 0.15) is 49.7 Å². The maximum Gasteiger partial charge on any atom is 0.410 e. The van der Waals surface area contributed by atoms with Crippen LogP contribution in [0.4, 0.5) is 15.7 Å². The number of amides is 1. The van der Waals surface area contributed by atoms with Crippen molar-refractivity contribution in [2.24, 2.45) is 5.92 Å². The lowest BCUT2D eigenvalue weighted by Gasteiger charge is -2.34. The van der Waals surface area contributed by atoms with Gasteiger partial charge in [0.1, 0.15) is 11.4 Å². The number of nitrogens with zero attached hydrogens (tertiary/aromatic N) is 4. The van der Waals surface area contributed by atoms with Crippen molar-refractivity contribution in [1.82, 2.24) is 19.8 Å². The molecule has 1 amide bonds. The second-order valence-corrected chi connectivity index (χ2v) is 11.5. The Balaban J connectivity index is 1.48. The molecule has 0 saturated carbocycles. The van der Waals surface area contributed by atoms with E-state index in [1.54, 1.807) is 11.3 Å². The monoisotopic (exact) mass is 487 g/mol. The lowest BCUT2D eigenvalue weighted by molar-refractivity contribution is 0.0165. The first-order valence-corrected chi connectivity index (χ1v) is 13.0. The van der Waals surface area contributed by atoms with Crippen molar-refractivity contribution >= 4 is 28.4 Å². The molecule has 2 aliphatic rings. The number of pyridine rings is 1. The molecule has 1 N–H and O–H groups in total. The van der Waals surface area contributed by atoms with E-state index < -0.39 is 5.60 Å². The molecule has 4 rings (SSSR count). The summed E-state index contributed by atoms with van der Waals surface area (Å²) in [6.07, 6.45) is 4.57. The van der Waals surface area contributed by atoms with Gasteiger partial charge in [0.25, 0.3) is 0 Å². The lowest BCUT2D eigenvalue weighted by atomic mass is 9.93. The summed E-state index contributed by atoms with van der Waals surface area (Å²) in [5.74, 6) is 1.19. The number of aryl methyl sites for hydroxylation is 1. The summed E-state index contributed by atoms with van der Waals surface area (Å²) in [5.41, 5.74) is 1.81. The van der Waals surface area contributed by atoms with Gasteiger partial charge in [0, 0.05) is 49.5 Å². The van der Waals surface area contributed by atoms with E-state index >= 15 is 0 Å². The second-order valence-electron chi connectivity index (χ2n) is 10.3. The Kier molecular flexibility index (Phi) is 8.06. The van der Waals surface area contributed by atoms with Gasteiger partial charge >= 0.3 is 6.09 Å².